The van der Waals surface area contributed by atoms with E-state index in [1.807, 2.05) is 59.6 Å². The van der Waals surface area contributed by atoms with Gasteiger partial charge in [0.05, 0.1) is 37.0 Å². The number of hydrogen-bond donors (Lipinski definition) is 3. The van der Waals surface area contributed by atoms with E-state index in [1.54, 1.807) is 28.9 Å². The summed E-state index contributed by atoms with van der Waals surface area (Å²) in [5.41, 5.74) is 18.3. The molecule has 0 atom stereocenters. The maximum atomic E-state index is 12.2. The molecule has 4 N–H and O–H groups in total. The number of aromatic nitrogens is 3. The first kappa shape index (κ1) is 24.2. The minimum absolute atomic E-state index is 0.463. The topological polar surface area (TPSA) is 106 Å². The van der Waals surface area contributed by atoms with E-state index in [0.717, 1.165) is 65.1 Å². The van der Waals surface area contributed by atoms with E-state index in [0.29, 0.717) is 12.1 Å². The van der Waals surface area contributed by atoms with Crippen LogP contribution in [0.25, 0.3) is 42.5 Å². The first-order valence-electron chi connectivity index (χ1n) is 12.6. The number of carbonyl (C=O) groups excluding carboxylic acids is 1. The molecule has 4 aromatic carbocycles. The lowest BCUT2D eigenvalue weighted by Gasteiger charge is -2.13. The third kappa shape index (κ3) is 4.72. The second-order valence-electron chi connectivity index (χ2n) is 9.42. The molecule has 0 radical (unpaired) electrons. The van der Waals surface area contributed by atoms with Gasteiger partial charge in [0.1, 0.15) is 0 Å². The Morgan fingerprint density at radius 2 is 1.48 bits per heavy atom. The molecule has 3 heterocycles. The third-order valence-electron chi connectivity index (χ3n) is 6.79. The van der Waals surface area contributed by atoms with E-state index < -0.39 is 5.91 Å². The van der Waals surface area contributed by atoms with Gasteiger partial charge in [-0.25, -0.2) is 9.97 Å². The van der Waals surface area contributed by atoms with Crippen LogP contribution < -0.4 is 16.4 Å². The summed E-state index contributed by atoms with van der Waals surface area (Å²) in [6, 6.07) is 26.2. The predicted molar refractivity (Wildman–Crippen MR) is 166 cm³/mol. The Hall–Kier alpha value is -4.86. The highest BCUT2D eigenvalue weighted by atomic mass is 32.1. The van der Waals surface area contributed by atoms with E-state index >= 15 is 0 Å². The van der Waals surface area contributed by atoms with Crippen molar-refractivity contribution in [2.24, 2.45) is 5.73 Å². The smallest absolute Gasteiger partial charge is 0.248 e. The van der Waals surface area contributed by atoms with Gasteiger partial charge in [0.15, 0.2) is 0 Å². The standard InChI is InChI=1S/C31H22N6OS2/c32-31(38)21-10-18(15-34-22-2-5-29-27(13-22)35-16-39-29)9-20(11-21)19-1-4-24-25(7-8-33-26(24)12-19)37-23-3-6-30-28(14-23)36-17-40-30/h1-14,16-17,34H,15H2,(H2,32,38)(H,33,37). The van der Waals surface area contributed by atoms with Crippen molar-refractivity contribution in [1.82, 2.24) is 15.0 Å². The normalized spacial score (nSPS) is 11.3. The summed E-state index contributed by atoms with van der Waals surface area (Å²) in [4.78, 5) is 25.6. The van der Waals surface area contributed by atoms with Crippen molar-refractivity contribution in [2.75, 3.05) is 10.6 Å². The first-order chi connectivity index (χ1) is 19.6. The van der Waals surface area contributed by atoms with Crippen molar-refractivity contribution < 1.29 is 4.79 Å². The number of hydrogen-bond acceptors (Lipinski definition) is 8. The van der Waals surface area contributed by atoms with Crippen LogP contribution in [0, 0.1) is 0 Å². The Balaban J connectivity index is 1.19. The summed E-state index contributed by atoms with van der Waals surface area (Å²) in [7, 11) is 0. The zero-order chi connectivity index (χ0) is 27.1. The van der Waals surface area contributed by atoms with E-state index in [-0.39, 0.29) is 0 Å². The van der Waals surface area contributed by atoms with Crippen LogP contribution in [0.1, 0.15) is 15.9 Å². The zero-order valence-corrected chi connectivity index (χ0v) is 22.7. The molecule has 9 heteroatoms. The highest BCUT2D eigenvalue weighted by Crippen LogP contribution is 2.32. The van der Waals surface area contributed by atoms with E-state index in [9.17, 15) is 4.79 Å². The number of anilines is 3. The van der Waals surface area contributed by atoms with Crippen molar-refractivity contribution >= 4 is 77.0 Å². The molecule has 0 unspecified atom stereocenters. The molecule has 3 aromatic heterocycles. The van der Waals surface area contributed by atoms with Crippen LogP contribution in [0.4, 0.5) is 17.1 Å². The number of carbonyl (C=O) groups is 1. The molecule has 0 aliphatic rings. The van der Waals surface area contributed by atoms with Gasteiger partial charge >= 0.3 is 0 Å². The number of nitrogens with zero attached hydrogens (tertiary/aromatic N) is 3. The number of nitrogens with one attached hydrogen (secondary N) is 2. The fourth-order valence-corrected chi connectivity index (χ4v) is 6.12. The Bertz CT molecular complexity index is 2050. The zero-order valence-electron chi connectivity index (χ0n) is 21.1. The molecule has 0 spiro atoms. The molecule has 0 aliphatic carbocycles. The summed E-state index contributed by atoms with van der Waals surface area (Å²) in [6.07, 6.45) is 1.80. The lowest BCUT2D eigenvalue weighted by Crippen LogP contribution is -2.12. The number of primary amides is 1. The molecule has 0 bridgehead atoms. The largest absolute Gasteiger partial charge is 0.381 e. The number of thiazole rings is 2. The van der Waals surface area contributed by atoms with Gasteiger partial charge in [0, 0.05) is 40.8 Å². The second kappa shape index (κ2) is 10.0. The quantitative estimate of drug-likeness (QED) is 0.186. The van der Waals surface area contributed by atoms with Crippen LogP contribution in [0.2, 0.25) is 0 Å². The van der Waals surface area contributed by atoms with Gasteiger partial charge < -0.3 is 16.4 Å². The maximum absolute atomic E-state index is 12.2. The fourth-order valence-electron chi connectivity index (χ4n) is 4.80. The summed E-state index contributed by atoms with van der Waals surface area (Å²) in [6.45, 7) is 0.535. The van der Waals surface area contributed by atoms with Gasteiger partial charge in [0.25, 0.3) is 0 Å². The van der Waals surface area contributed by atoms with Gasteiger partial charge in [-0.05, 0) is 83.4 Å². The predicted octanol–water partition coefficient (Wildman–Crippen LogP) is 7.58. The minimum Gasteiger partial charge on any atom is -0.381 e. The molecule has 194 valence electrons. The highest BCUT2D eigenvalue weighted by molar-refractivity contribution is 7.17. The Labute approximate surface area is 237 Å². The van der Waals surface area contributed by atoms with Crippen molar-refractivity contribution in [1.29, 1.82) is 0 Å². The number of rotatable bonds is 7. The minimum atomic E-state index is -0.463. The van der Waals surface area contributed by atoms with Gasteiger partial charge in [0.2, 0.25) is 5.91 Å². The van der Waals surface area contributed by atoms with Crippen molar-refractivity contribution in [3.05, 3.63) is 107 Å². The van der Waals surface area contributed by atoms with Crippen LogP contribution >= 0.6 is 22.7 Å². The summed E-state index contributed by atoms with van der Waals surface area (Å²) >= 11 is 3.24. The van der Waals surface area contributed by atoms with Crippen LogP contribution in [-0.4, -0.2) is 20.9 Å². The average Bonchev–Trinajstić information content (AvgIpc) is 3.65. The fraction of sp³-hybridized carbons (Fsp3) is 0.0323. The monoisotopic (exact) mass is 558 g/mol. The number of benzene rings is 4. The number of pyridine rings is 1. The molecule has 7 nitrogen and oxygen atoms in total. The van der Waals surface area contributed by atoms with Gasteiger partial charge in [-0.1, -0.05) is 12.1 Å². The van der Waals surface area contributed by atoms with Crippen molar-refractivity contribution in [2.45, 2.75) is 6.54 Å². The molecule has 0 saturated heterocycles. The molecule has 0 fully saturated rings. The average molecular weight is 559 g/mol. The van der Waals surface area contributed by atoms with Crippen LogP contribution in [0.15, 0.2) is 96.1 Å². The molecular formula is C31H22N6OS2. The summed E-state index contributed by atoms with van der Waals surface area (Å²) in [5, 5.41) is 7.95. The lowest BCUT2D eigenvalue weighted by atomic mass is 9.98. The van der Waals surface area contributed by atoms with E-state index in [1.165, 1.54) is 0 Å². The van der Waals surface area contributed by atoms with Crippen LogP contribution in [0.5, 0.6) is 0 Å². The first-order valence-corrected chi connectivity index (χ1v) is 14.4. The number of fused-ring (bicyclic) bond motifs is 3. The molecule has 7 aromatic rings. The van der Waals surface area contributed by atoms with Gasteiger partial charge in [-0.3, -0.25) is 9.78 Å². The molecule has 40 heavy (non-hydrogen) atoms. The van der Waals surface area contributed by atoms with Crippen molar-refractivity contribution in [3.63, 3.8) is 0 Å². The molecule has 1 amide bonds. The molecule has 7 rings (SSSR count). The van der Waals surface area contributed by atoms with Gasteiger partial charge in [-0.15, -0.1) is 22.7 Å². The van der Waals surface area contributed by atoms with Crippen LogP contribution in [-0.2, 0) is 6.54 Å². The molecule has 0 saturated carbocycles. The highest BCUT2D eigenvalue weighted by Gasteiger charge is 2.11. The molecule has 0 aliphatic heterocycles. The second-order valence-corrected chi connectivity index (χ2v) is 11.2. The van der Waals surface area contributed by atoms with Crippen molar-refractivity contribution in [3.8, 4) is 11.1 Å². The third-order valence-corrected chi connectivity index (χ3v) is 8.41. The van der Waals surface area contributed by atoms with E-state index in [4.69, 9.17) is 5.73 Å². The Morgan fingerprint density at radius 3 is 2.25 bits per heavy atom. The summed E-state index contributed by atoms with van der Waals surface area (Å²) < 4.78 is 2.30. The van der Waals surface area contributed by atoms with Crippen LogP contribution in [0.3, 0.4) is 0 Å². The Morgan fingerprint density at radius 1 is 0.725 bits per heavy atom. The van der Waals surface area contributed by atoms with Gasteiger partial charge in [-0.2, -0.15) is 0 Å². The molecular weight excluding hydrogens is 537 g/mol. The number of amides is 1. The van der Waals surface area contributed by atoms with E-state index in [2.05, 4.69) is 55.9 Å². The lowest BCUT2D eigenvalue weighted by molar-refractivity contribution is 0.1000. The number of nitrogens with two attached hydrogens (primary N) is 1. The maximum Gasteiger partial charge on any atom is 0.248 e. The summed E-state index contributed by atoms with van der Waals surface area (Å²) in [5.74, 6) is -0.463. The SMILES string of the molecule is NC(=O)c1cc(CNc2ccc3scnc3c2)cc(-c2ccc3c(Nc4ccc5scnc5c4)ccnc3c2)c1. The Kier molecular flexibility index (Phi) is 6.07.